The molecule has 0 aliphatic carbocycles. The molecule has 1 aliphatic rings. The van der Waals surface area contributed by atoms with Crippen LogP contribution in [-0.4, -0.2) is 5.91 Å². The lowest BCUT2D eigenvalue weighted by Crippen LogP contribution is -2.18. The third-order valence-electron chi connectivity index (χ3n) is 2.06. The van der Waals surface area contributed by atoms with Crippen molar-refractivity contribution in [1.82, 2.24) is 0 Å². The average molecular weight is 171 g/mol. The Labute approximate surface area is 75.9 Å². The van der Waals surface area contributed by atoms with Gasteiger partial charge >= 0.3 is 0 Å². The van der Waals surface area contributed by atoms with E-state index in [1.165, 1.54) is 0 Å². The number of hydrogen-bond donors (Lipinski definition) is 0. The van der Waals surface area contributed by atoms with E-state index < -0.39 is 0 Å². The highest BCUT2D eigenvalue weighted by Gasteiger charge is 2.07. The maximum atomic E-state index is 11.1. The van der Waals surface area contributed by atoms with Gasteiger partial charge in [0.2, 0.25) is 0 Å². The molecule has 0 radical (unpaired) electrons. The lowest BCUT2D eigenvalue weighted by molar-refractivity contribution is -0.113. The summed E-state index contributed by atoms with van der Waals surface area (Å²) in [6, 6.07) is 5.62. The lowest BCUT2D eigenvalue weighted by Gasteiger charge is -2.05. The van der Waals surface area contributed by atoms with E-state index in [1.807, 2.05) is 25.1 Å². The fourth-order valence-electron chi connectivity index (χ4n) is 1.41. The number of fused-ring (bicyclic) bond motifs is 1. The molecule has 2 nitrogen and oxygen atoms in total. The SMILES string of the molecule is C=c1ccc2c(c1)C(C)=CC(=O)N=2. The molecule has 0 atom stereocenters. The molecule has 0 saturated heterocycles. The number of carbonyl (C=O) groups is 1. The zero-order valence-corrected chi connectivity index (χ0v) is 7.37. The summed E-state index contributed by atoms with van der Waals surface area (Å²) in [6.07, 6.45) is 1.54. The van der Waals surface area contributed by atoms with Gasteiger partial charge in [-0.05, 0) is 29.8 Å². The summed E-state index contributed by atoms with van der Waals surface area (Å²) in [5.41, 5.74) is 1.97. The van der Waals surface area contributed by atoms with Crippen LogP contribution in [0, 0.1) is 0 Å². The van der Waals surface area contributed by atoms with Gasteiger partial charge in [0.05, 0.1) is 5.36 Å². The summed E-state index contributed by atoms with van der Waals surface area (Å²) in [5.74, 6) is -0.179. The Morgan fingerprint density at radius 2 is 2.15 bits per heavy atom. The van der Waals surface area contributed by atoms with Gasteiger partial charge in [-0.15, -0.1) is 0 Å². The van der Waals surface area contributed by atoms with Crippen LogP contribution in [0.3, 0.4) is 0 Å². The van der Waals surface area contributed by atoms with Crippen molar-refractivity contribution in [2.24, 2.45) is 4.99 Å². The van der Waals surface area contributed by atoms with Crippen LogP contribution in [0.1, 0.15) is 12.5 Å². The number of allylic oxidation sites excluding steroid dienone is 1. The number of benzene rings is 1. The summed E-state index contributed by atoms with van der Waals surface area (Å²) in [5, 5.41) is 1.69. The Morgan fingerprint density at radius 3 is 2.92 bits per heavy atom. The Kier molecular flexibility index (Phi) is 1.62. The summed E-state index contributed by atoms with van der Waals surface area (Å²) in [6.45, 7) is 5.74. The van der Waals surface area contributed by atoms with Gasteiger partial charge in [0.1, 0.15) is 0 Å². The number of carbonyl (C=O) groups excluding carboxylic acids is 1. The molecular weight excluding hydrogens is 162 g/mol. The van der Waals surface area contributed by atoms with Crippen molar-refractivity contribution in [2.45, 2.75) is 6.92 Å². The van der Waals surface area contributed by atoms with Crippen LogP contribution >= 0.6 is 0 Å². The predicted molar refractivity (Wildman–Crippen MR) is 51.4 cm³/mol. The van der Waals surface area contributed by atoms with Crippen LogP contribution < -0.4 is 10.6 Å². The quantitative estimate of drug-likeness (QED) is 0.564. The average Bonchev–Trinajstić information content (AvgIpc) is 2.06. The number of nitrogens with zero attached hydrogens (tertiary/aromatic N) is 1. The third-order valence-corrected chi connectivity index (χ3v) is 2.06. The van der Waals surface area contributed by atoms with Gasteiger partial charge in [0, 0.05) is 11.6 Å². The normalized spacial score (nSPS) is 14.5. The van der Waals surface area contributed by atoms with E-state index in [9.17, 15) is 4.79 Å². The molecule has 0 unspecified atom stereocenters. The van der Waals surface area contributed by atoms with Gasteiger partial charge in [-0.25, -0.2) is 4.99 Å². The molecule has 0 N–H and O–H groups in total. The van der Waals surface area contributed by atoms with Crippen LogP contribution in [0.25, 0.3) is 12.2 Å². The molecule has 1 aromatic carbocycles. The molecule has 0 saturated carbocycles. The molecule has 0 spiro atoms. The molecule has 1 aliphatic heterocycles. The highest BCUT2D eigenvalue weighted by molar-refractivity contribution is 5.97. The second-order valence-corrected chi connectivity index (χ2v) is 3.13. The van der Waals surface area contributed by atoms with Gasteiger partial charge in [-0.2, -0.15) is 0 Å². The van der Waals surface area contributed by atoms with Crippen molar-refractivity contribution in [3.63, 3.8) is 0 Å². The molecular formula is C11H9NO. The number of hydrogen-bond acceptors (Lipinski definition) is 1. The van der Waals surface area contributed by atoms with Crippen molar-refractivity contribution >= 4 is 18.1 Å². The molecule has 1 aromatic rings. The number of amides is 1. The zero-order valence-electron chi connectivity index (χ0n) is 7.37. The van der Waals surface area contributed by atoms with Crippen LogP contribution in [0.2, 0.25) is 0 Å². The van der Waals surface area contributed by atoms with E-state index >= 15 is 0 Å². The molecule has 0 fully saturated rings. The maximum absolute atomic E-state index is 11.1. The Balaban J connectivity index is 2.84. The van der Waals surface area contributed by atoms with Gasteiger partial charge in [-0.3, -0.25) is 4.79 Å². The lowest BCUT2D eigenvalue weighted by atomic mass is 10.0. The first-order chi connectivity index (χ1) is 6.16. The minimum Gasteiger partial charge on any atom is -0.267 e. The van der Waals surface area contributed by atoms with Gasteiger partial charge in [0.15, 0.2) is 0 Å². The fourth-order valence-corrected chi connectivity index (χ4v) is 1.41. The van der Waals surface area contributed by atoms with E-state index in [0.717, 1.165) is 21.7 Å². The minimum absolute atomic E-state index is 0.179. The summed E-state index contributed by atoms with van der Waals surface area (Å²) >= 11 is 0. The van der Waals surface area contributed by atoms with Gasteiger partial charge in [-0.1, -0.05) is 12.6 Å². The first kappa shape index (κ1) is 7.92. The summed E-state index contributed by atoms with van der Waals surface area (Å²) in [4.78, 5) is 15.0. The first-order valence-electron chi connectivity index (χ1n) is 4.07. The van der Waals surface area contributed by atoms with Gasteiger partial charge in [0.25, 0.3) is 5.91 Å². The van der Waals surface area contributed by atoms with Crippen molar-refractivity contribution in [2.75, 3.05) is 0 Å². The summed E-state index contributed by atoms with van der Waals surface area (Å²) < 4.78 is 0. The van der Waals surface area contributed by atoms with Crippen molar-refractivity contribution < 1.29 is 4.79 Å². The molecule has 0 aromatic heterocycles. The van der Waals surface area contributed by atoms with E-state index in [4.69, 9.17) is 0 Å². The molecule has 13 heavy (non-hydrogen) atoms. The second-order valence-electron chi connectivity index (χ2n) is 3.13. The third kappa shape index (κ3) is 1.31. The van der Waals surface area contributed by atoms with Crippen molar-refractivity contribution in [1.29, 1.82) is 0 Å². The molecule has 2 heteroatoms. The fraction of sp³-hybridized carbons (Fsp3) is 0.0909. The van der Waals surface area contributed by atoms with Crippen LogP contribution in [-0.2, 0) is 4.79 Å². The van der Waals surface area contributed by atoms with Crippen molar-refractivity contribution in [3.05, 3.63) is 40.4 Å². The molecule has 2 rings (SSSR count). The van der Waals surface area contributed by atoms with Crippen LogP contribution in [0.15, 0.2) is 29.3 Å². The van der Waals surface area contributed by atoms with Crippen LogP contribution in [0.4, 0.5) is 0 Å². The second kappa shape index (κ2) is 2.66. The van der Waals surface area contributed by atoms with E-state index in [-0.39, 0.29) is 5.91 Å². The van der Waals surface area contributed by atoms with Crippen LogP contribution in [0.5, 0.6) is 0 Å². The smallest absolute Gasteiger partial charge is 0.267 e. The predicted octanol–water partition coefficient (Wildman–Crippen LogP) is 0.660. The monoisotopic (exact) mass is 171 g/mol. The van der Waals surface area contributed by atoms with E-state index in [1.54, 1.807) is 6.08 Å². The Hall–Kier alpha value is -1.70. The van der Waals surface area contributed by atoms with E-state index in [0.29, 0.717) is 0 Å². The maximum Gasteiger partial charge on any atom is 0.270 e. The van der Waals surface area contributed by atoms with E-state index in [2.05, 4.69) is 11.6 Å². The van der Waals surface area contributed by atoms with Crippen molar-refractivity contribution in [3.8, 4) is 0 Å². The molecule has 0 bridgehead atoms. The Bertz CT molecular complexity index is 511. The number of rotatable bonds is 0. The minimum atomic E-state index is -0.179. The standard InChI is InChI=1S/C11H9NO/c1-7-3-4-10-9(5-7)8(2)6-11(13)12-10/h3-6H,1H2,2H3. The largest absolute Gasteiger partial charge is 0.270 e. The zero-order chi connectivity index (χ0) is 9.42. The van der Waals surface area contributed by atoms with Gasteiger partial charge < -0.3 is 0 Å². The topological polar surface area (TPSA) is 29.4 Å². The summed E-state index contributed by atoms with van der Waals surface area (Å²) in [7, 11) is 0. The first-order valence-corrected chi connectivity index (χ1v) is 4.07. The molecule has 1 amide bonds. The highest BCUT2D eigenvalue weighted by atomic mass is 16.1. The Morgan fingerprint density at radius 1 is 1.38 bits per heavy atom. The highest BCUT2D eigenvalue weighted by Crippen LogP contribution is 2.09. The molecule has 64 valence electrons. The molecule has 1 heterocycles.